The average Bonchev–Trinajstić information content (AvgIpc) is 3.25. The molecule has 0 radical (unpaired) electrons. The van der Waals surface area contributed by atoms with E-state index in [0.717, 1.165) is 40.1 Å². The van der Waals surface area contributed by atoms with Crippen molar-refractivity contribution in [1.29, 1.82) is 0 Å². The summed E-state index contributed by atoms with van der Waals surface area (Å²) in [6.07, 6.45) is 8.37. The van der Waals surface area contributed by atoms with Gasteiger partial charge >= 0.3 is 0 Å². The van der Waals surface area contributed by atoms with Crippen LogP contribution < -0.4 is 5.32 Å². The molecule has 1 saturated carbocycles. The van der Waals surface area contributed by atoms with E-state index in [0.29, 0.717) is 26.3 Å². The molecule has 5 rings (SSSR count). The Hall–Kier alpha value is -2.45. The van der Waals surface area contributed by atoms with E-state index in [9.17, 15) is 4.79 Å². The number of rotatable bonds is 5. The molecular formula is C19H21N5O2S. The van der Waals surface area contributed by atoms with Gasteiger partial charge in [-0.25, -0.2) is 4.98 Å². The van der Waals surface area contributed by atoms with Crippen LogP contribution in [-0.2, 0) is 4.74 Å². The fourth-order valence-electron chi connectivity index (χ4n) is 3.21. The van der Waals surface area contributed by atoms with Crippen LogP contribution in [0.1, 0.15) is 22.5 Å². The average molecular weight is 383 g/mol. The highest BCUT2D eigenvalue weighted by Gasteiger charge is 2.22. The van der Waals surface area contributed by atoms with Crippen molar-refractivity contribution in [3.63, 3.8) is 0 Å². The lowest BCUT2D eigenvalue weighted by Gasteiger charge is -2.26. The molecule has 1 aliphatic heterocycles. The lowest BCUT2D eigenvalue weighted by molar-refractivity contribution is 0.0306. The summed E-state index contributed by atoms with van der Waals surface area (Å²) in [5.74, 6) is 1.76. The first-order valence-corrected chi connectivity index (χ1v) is 10.2. The van der Waals surface area contributed by atoms with Gasteiger partial charge in [-0.15, -0.1) is 11.3 Å². The Morgan fingerprint density at radius 3 is 2.96 bits per heavy atom. The molecule has 1 aliphatic carbocycles. The number of hydrogen-bond acceptors (Lipinski definition) is 6. The van der Waals surface area contributed by atoms with Crippen molar-refractivity contribution in [3.05, 3.63) is 34.9 Å². The minimum absolute atomic E-state index is 0.0739. The van der Waals surface area contributed by atoms with Crippen molar-refractivity contribution in [2.24, 2.45) is 5.92 Å². The summed E-state index contributed by atoms with van der Waals surface area (Å²) in [4.78, 5) is 24.3. The van der Waals surface area contributed by atoms with Gasteiger partial charge < -0.3 is 19.4 Å². The molecule has 1 saturated heterocycles. The van der Waals surface area contributed by atoms with Crippen molar-refractivity contribution < 1.29 is 9.53 Å². The lowest BCUT2D eigenvalue weighted by Crippen LogP contribution is -2.40. The summed E-state index contributed by atoms with van der Waals surface area (Å²) < 4.78 is 7.31. The van der Waals surface area contributed by atoms with Gasteiger partial charge in [0.15, 0.2) is 5.65 Å². The van der Waals surface area contributed by atoms with Crippen molar-refractivity contribution in [1.82, 2.24) is 19.3 Å². The molecular weight excluding hydrogens is 362 g/mol. The number of imidazole rings is 1. The third-order valence-corrected chi connectivity index (χ3v) is 5.93. The topological polar surface area (TPSA) is 71.8 Å². The number of aromatic nitrogens is 3. The number of morpholine rings is 1. The number of thiophene rings is 1. The van der Waals surface area contributed by atoms with Gasteiger partial charge in [0, 0.05) is 36.8 Å². The maximum Gasteiger partial charge on any atom is 0.264 e. The van der Waals surface area contributed by atoms with Gasteiger partial charge in [0.2, 0.25) is 0 Å². The highest BCUT2D eigenvalue weighted by molar-refractivity contribution is 7.12. The van der Waals surface area contributed by atoms with Crippen LogP contribution >= 0.6 is 11.3 Å². The predicted octanol–water partition coefficient (Wildman–Crippen LogP) is 2.75. The summed E-state index contributed by atoms with van der Waals surface area (Å²) in [7, 11) is 0. The van der Waals surface area contributed by atoms with Gasteiger partial charge in [-0.2, -0.15) is 0 Å². The second kappa shape index (κ2) is 6.94. The SMILES string of the molecule is O=C(c1cc(-c2cn3cc(NCC4CC4)nc3cn2)cs1)N1CCOCC1. The van der Waals surface area contributed by atoms with Gasteiger partial charge in [0.1, 0.15) is 5.82 Å². The zero-order valence-corrected chi connectivity index (χ0v) is 15.7. The molecule has 3 aromatic heterocycles. The zero-order chi connectivity index (χ0) is 18.2. The predicted molar refractivity (Wildman–Crippen MR) is 104 cm³/mol. The molecule has 0 atom stereocenters. The first kappa shape index (κ1) is 16.7. The molecule has 1 amide bonds. The summed E-state index contributed by atoms with van der Waals surface area (Å²) in [6.45, 7) is 3.52. The first-order chi connectivity index (χ1) is 13.3. The van der Waals surface area contributed by atoms with Crippen molar-refractivity contribution >= 4 is 28.7 Å². The number of hydrogen-bond donors (Lipinski definition) is 1. The van der Waals surface area contributed by atoms with Gasteiger partial charge in [0.25, 0.3) is 5.91 Å². The van der Waals surface area contributed by atoms with Gasteiger partial charge in [-0.05, 0) is 24.8 Å². The highest BCUT2D eigenvalue weighted by atomic mass is 32.1. The van der Waals surface area contributed by atoms with Crippen LogP contribution in [0.2, 0.25) is 0 Å². The maximum absolute atomic E-state index is 12.6. The van der Waals surface area contributed by atoms with E-state index < -0.39 is 0 Å². The smallest absolute Gasteiger partial charge is 0.264 e. The molecule has 2 aliphatic rings. The Labute approximate surface area is 161 Å². The molecule has 0 spiro atoms. The van der Waals surface area contributed by atoms with Crippen LogP contribution in [0.3, 0.4) is 0 Å². The molecule has 140 valence electrons. The minimum atomic E-state index is 0.0739. The van der Waals surface area contributed by atoms with Crippen LogP contribution in [-0.4, -0.2) is 58.0 Å². The van der Waals surface area contributed by atoms with Gasteiger partial charge in [-0.1, -0.05) is 0 Å². The fourth-order valence-corrected chi connectivity index (χ4v) is 4.08. The van der Waals surface area contributed by atoms with Crippen LogP contribution in [0.25, 0.3) is 16.9 Å². The van der Waals surface area contributed by atoms with Crippen molar-refractivity contribution in [2.45, 2.75) is 12.8 Å². The van der Waals surface area contributed by atoms with Crippen molar-refractivity contribution in [3.8, 4) is 11.3 Å². The number of nitrogens with zero attached hydrogens (tertiary/aromatic N) is 4. The van der Waals surface area contributed by atoms with Crippen LogP contribution in [0.4, 0.5) is 5.82 Å². The summed E-state index contributed by atoms with van der Waals surface area (Å²) >= 11 is 1.47. The zero-order valence-electron chi connectivity index (χ0n) is 14.9. The number of amides is 1. The third kappa shape index (κ3) is 3.54. The molecule has 1 N–H and O–H groups in total. The van der Waals surface area contributed by atoms with E-state index in [1.807, 2.05) is 33.1 Å². The van der Waals surface area contributed by atoms with E-state index >= 15 is 0 Å². The molecule has 7 nitrogen and oxygen atoms in total. The monoisotopic (exact) mass is 383 g/mol. The standard InChI is InChI=1S/C19H21N5O2S/c25-19(23-3-5-26-6-4-23)16-7-14(12-27-16)15-10-24-11-17(21-8-13-1-2-13)22-18(24)9-20-15/h7,9-13,21H,1-6,8H2. The van der Waals surface area contributed by atoms with E-state index in [2.05, 4.69) is 15.3 Å². The summed E-state index contributed by atoms with van der Waals surface area (Å²) in [6, 6.07) is 1.93. The van der Waals surface area contributed by atoms with E-state index in [-0.39, 0.29) is 5.91 Å². The molecule has 4 heterocycles. The Kier molecular flexibility index (Phi) is 4.29. The molecule has 8 heteroatoms. The number of nitrogens with one attached hydrogen (secondary N) is 1. The Bertz CT molecular complexity index is 972. The molecule has 2 fully saturated rings. The van der Waals surface area contributed by atoms with Crippen LogP contribution in [0, 0.1) is 5.92 Å². The second-order valence-corrected chi connectivity index (χ2v) is 8.00. The summed E-state index contributed by atoms with van der Waals surface area (Å²) in [5.41, 5.74) is 2.61. The number of carbonyl (C=O) groups excluding carboxylic acids is 1. The fraction of sp³-hybridized carbons (Fsp3) is 0.421. The van der Waals surface area contributed by atoms with E-state index in [4.69, 9.17) is 4.74 Å². The highest BCUT2D eigenvalue weighted by Crippen LogP contribution is 2.29. The van der Waals surface area contributed by atoms with E-state index in [1.54, 1.807) is 6.20 Å². The largest absolute Gasteiger partial charge is 0.378 e. The minimum Gasteiger partial charge on any atom is -0.378 e. The summed E-state index contributed by atoms with van der Waals surface area (Å²) in [5, 5.41) is 5.38. The second-order valence-electron chi connectivity index (χ2n) is 7.09. The number of ether oxygens (including phenoxy) is 1. The number of anilines is 1. The van der Waals surface area contributed by atoms with Crippen LogP contribution in [0.15, 0.2) is 30.0 Å². The van der Waals surface area contributed by atoms with Crippen molar-refractivity contribution in [2.75, 3.05) is 38.2 Å². The molecule has 0 unspecified atom stereocenters. The molecule has 27 heavy (non-hydrogen) atoms. The maximum atomic E-state index is 12.6. The Morgan fingerprint density at radius 1 is 1.30 bits per heavy atom. The van der Waals surface area contributed by atoms with Gasteiger partial charge in [-0.3, -0.25) is 9.78 Å². The number of fused-ring (bicyclic) bond motifs is 1. The third-order valence-electron chi connectivity index (χ3n) is 5.01. The normalized spacial score (nSPS) is 17.4. The lowest BCUT2D eigenvalue weighted by atomic mass is 10.2. The number of carbonyl (C=O) groups is 1. The van der Waals surface area contributed by atoms with Gasteiger partial charge in [0.05, 0.1) is 36.2 Å². The van der Waals surface area contributed by atoms with Crippen LogP contribution in [0.5, 0.6) is 0 Å². The molecule has 0 bridgehead atoms. The molecule has 3 aromatic rings. The van der Waals surface area contributed by atoms with E-state index in [1.165, 1.54) is 24.2 Å². The Balaban J connectivity index is 1.35. The molecule has 0 aromatic carbocycles. The first-order valence-electron chi connectivity index (χ1n) is 9.31. The quantitative estimate of drug-likeness (QED) is 0.734. The Morgan fingerprint density at radius 2 is 2.15 bits per heavy atom.